The lowest BCUT2D eigenvalue weighted by atomic mass is 9.99. The van der Waals surface area contributed by atoms with Gasteiger partial charge in [0.1, 0.15) is 5.82 Å². The second-order valence-electron chi connectivity index (χ2n) is 6.16. The van der Waals surface area contributed by atoms with Crippen molar-refractivity contribution < 1.29 is 9.18 Å². The zero-order valence-corrected chi connectivity index (χ0v) is 13.5. The van der Waals surface area contributed by atoms with Crippen LogP contribution in [0.2, 0.25) is 0 Å². The first-order valence-corrected chi connectivity index (χ1v) is 7.61. The number of amides is 1. The molecule has 2 aliphatic heterocycles. The van der Waals surface area contributed by atoms with Crippen molar-refractivity contribution in [1.82, 2.24) is 10.6 Å². The highest BCUT2D eigenvalue weighted by molar-refractivity contribution is 5.97. The number of fused-ring (bicyclic) bond motifs is 2. The van der Waals surface area contributed by atoms with Crippen LogP contribution in [0.1, 0.15) is 38.2 Å². The zero-order valence-electron chi connectivity index (χ0n) is 12.6. The lowest BCUT2D eigenvalue weighted by Crippen LogP contribution is -2.48. The molecule has 0 aliphatic carbocycles. The smallest absolute Gasteiger partial charge is 0.247 e. The SMILES string of the molecule is C/C(=C\c1ccc(F)cc1)C(=O)NC1CC2CCC(C1)N2.Cl. The van der Waals surface area contributed by atoms with Crippen LogP contribution in [0.25, 0.3) is 6.08 Å². The van der Waals surface area contributed by atoms with E-state index in [9.17, 15) is 9.18 Å². The Hall–Kier alpha value is -1.39. The Morgan fingerprint density at radius 2 is 1.82 bits per heavy atom. The third-order valence-corrected chi connectivity index (χ3v) is 4.42. The van der Waals surface area contributed by atoms with Crippen molar-refractivity contribution in [2.24, 2.45) is 0 Å². The van der Waals surface area contributed by atoms with Gasteiger partial charge in [-0.25, -0.2) is 4.39 Å². The molecule has 2 heterocycles. The van der Waals surface area contributed by atoms with E-state index in [1.54, 1.807) is 25.1 Å². The molecule has 0 spiro atoms. The van der Waals surface area contributed by atoms with Crippen molar-refractivity contribution in [3.8, 4) is 0 Å². The number of hydrogen-bond donors (Lipinski definition) is 2. The molecule has 2 fully saturated rings. The zero-order chi connectivity index (χ0) is 14.8. The monoisotopic (exact) mass is 324 g/mol. The Morgan fingerprint density at radius 3 is 2.41 bits per heavy atom. The minimum atomic E-state index is -0.264. The number of halogens is 2. The van der Waals surface area contributed by atoms with Gasteiger partial charge >= 0.3 is 0 Å². The fourth-order valence-electron chi connectivity index (χ4n) is 3.35. The van der Waals surface area contributed by atoms with Crippen molar-refractivity contribution in [3.63, 3.8) is 0 Å². The molecule has 0 saturated carbocycles. The number of carbonyl (C=O) groups excluding carboxylic acids is 1. The third kappa shape index (κ3) is 4.08. The van der Waals surface area contributed by atoms with E-state index in [1.165, 1.54) is 25.0 Å². The standard InChI is InChI=1S/C17H21FN2O.ClH/c1-11(8-12-2-4-13(18)5-3-12)17(21)20-16-9-14-6-7-15(10-16)19-14;/h2-5,8,14-16,19H,6-7,9-10H2,1H3,(H,20,21);1H/b11-8+;. The van der Waals surface area contributed by atoms with Crippen LogP contribution < -0.4 is 10.6 Å². The molecule has 2 bridgehead atoms. The first-order chi connectivity index (χ1) is 10.1. The maximum absolute atomic E-state index is 12.9. The molecule has 5 heteroatoms. The molecule has 0 radical (unpaired) electrons. The first-order valence-electron chi connectivity index (χ1n) is 7.61. The average Bonchev–Trinajstić information content (AvgIpc) is 2.80. The van der Waals surface area contributed by atoms with E-state index >= 15 is 0 Å². The molecular weight excluding hydrogens is 303 g/mol. The topological polar surface area (TPSA) is 41.1 Å². The van der Waals surface area contributed by atoms with E-state index in [1.807, 2.05) is 0 Å². The Bertz CT molecular complexity index is 546. The molecule has 2 atom stereocenters. The number of benzene rings is 1. The van der Waals surface area contributed by atoms with Crippen LogP contribution in [0, 0.1) is 5.82 Å². The summed E-state index contributed by atoms with van der Waals surface area (Å²) in [6.07, 6.45) is 6.28. The number of hydrogen-bond acceptors (Lipinski definition) is 2. The van der Waals surface area contributed by atoms with Gasteiger partial charge in [0.05, 0.1) is 0 Å². The molecular formula is C17H22ClFN2O. The van der Waals surface area contributed by atoms with Crippen LogP contribution in [0.5, 0.6) is 0 Å². The lowest BCUT2D eigenvalue weighted by molar-refractivity contribution is -0.118. The number of piperidine rings is 1. The van der Waals surface area contributed by atoms with E-state index in [0.717, 1.165) is 18.4 Å². The van der Waals surface area contributed by atoms with Crippen LogP contribution in [-0.4, -0.2) is 24.0 Å². The first kappa shape index (κ1) is 17.0. The summed E-state index contributed by atoms with van der Waals surface area (Å²) in [4.78, 5) is 12.2. The summed E-state index contributed by atoms with van der Waals surface area (Å²) >= 11 is 0. The van der Waals surface area contributed by atoms with Gasteiger partial charge in [0, 0.05) is 23.7 Å². The molecule has 1 aromatic rings. The van der Waals surface area contributed by atoms with Crippen LogP contribution in [0.3, 0.4) is 0 Å². The summed E-state index contributed by atoms with van der Waals surface area (Å²) in [5, 5.41) is 6.70. The summed E-state index contributed by atoms with van der Waals surface area (Å²) < 4.78 is 12.9. The summed E-state index contributed by atoms with van der Waals surface area (Å²) in [5.41, 5.74) is 1.50. The van der Waals surface area contributed by atoms with E-state index < -0.39 is 0 Å². The molecule has 1 aromatic carbocycles. The van der Waals surface area contributed by atoms with E-state index in [2.05, 4.69) is 10.6 Å². The fraction of sp³-hybridized carbons (Fsp3) is 0.471. The van der Waals surface area contributed by atoms with Crippen molar-refractivity contribution in [2.45, 2.75) is 50.7 Å². The normalized spacial score (nSPS) is 27.2. The van der Waals surface area contributed by atoms with Gasteiger partial charge < -0.3 is 10.6 Å². The van der Waals surface area contributed by atoms with Gasteiger partial charge in [0.25, 0.3) is 0 Å². The highest BCUT2D eigenvalue weighted by Crippen LogP contribution is 2.26. The van der Waals surface area contributed by atoms with Crippen molar-refractivity contribution in [3.05, 3.63) is 41.2 Å². The van der Waals surface area contributed by atoms with E-state index in [0.29, 0.717) is 17.7 Å². The molecule has 22 heavy (non-hydrogen) atoms. The van der Waals surface area contributed by atoms with Crippen LogP contribution >= 0.6 is 12.4 Å². The van der Waals surface area contributed by atoms with Gasteiger partial charge in [-0.2, -0.15) is 0 Å². The van der Waals surface area contributed by atoms with Crippen molar-refractivity contribution >= 4 is 24.4 Å². The van der Waals surface area contributed by atoms with Gasteiger partial charge in [-0.05, 0) is 56.4 Å². The average molecular weight is 325 g/mol. The van der Waals surface area contributed by atoms with Gasteiger partial charge in [-0.15, -0.1) is 12.4 Å². The van der Waals surface area contributed by atoms with E-state index in [4.69, 9.17) is 0 Å². The minimum absolute atomic E-state index is 0. The molecule has 0 aromatic heterocycles. The summed E-state index contributed by atoms with van der Waals surface area (Å²) in [6, 6.07) is 7.57. The largest absolute Gasteiger partial charge is 0.349 e. The molecule has 120 valence electrons. The Kier molecular flexibility index (Phi) is 5.59. The summed E-state index contributed by atoms with van der Waals surface area (Å²) in [7, 11) is 0. The number of nitrogens with one attached hydrogen (secondary N) is 2. The quantitative estimate of drug-likeness (QED) is 0.839. The highest BCUT2D eigenvalue weighted by atomic mass is 35.5. The Morgan fingerprint density at radius 1 is 1.23 bits per heavy atom. The van der Waals surface area contributed by atoms with Crippen LogP contribution in [0.15, 0.2) is 29.8 Å². The lowest BCUT2D eigenvalue weighted by Gasteiger charge is -2.29. The van der Waals surface area contributed by atoms with Crippen molar-refractivity contribution in [1.29, 1.82) is 0 Å². The third-order valence-electron chi connectivity index (χ3n) is 4.42. The van der Waals surface area contributed by atoms with Gasteiger partial charge in [0.2, 0.25) is 5.91 Å². The second kappa shape index (κ2) is 7.25. The molecule has 1 amide bonds. The van der Waals surface area contributed by atoms with Crippen LogP contribution in [0.4, 0.5) is 4.39 Å². The highest BCUT2D eigenvalue weighted by Gasteiger charge is 2.33. The predicted octanol–water partition coefficient (Wildman–Crippen LogP) is 3.05. The molecule has 2 aliphatic rings. The van der Waals surface area contributed by atoms with E-state index in [-0.39, 0.29) is 30.2 Å². The number of rotatable bonds is 3. The van der Waals surface area contributed by atoms with Gasteiger partial charge in [0.15, 0.2) is 0 Å². The molecule has 2 N–H and O–H groups in total. The van der Waals surface area contributed by atoms with Gasteiger partial charge in [-0.3, -0.25) is 4.79 Å². The maximum Gasteiger partial charge on any atom is 0.247 e. The fourth-order valence-corrected chi connectivity index (χ4v) is 3.35. The molecule has 3 nitrogen and oxygen atoms in total. The molecule has 2 saturated heterocycles. The predicted molar refractivity (Wildman–Crippen MR) is 88.4 cm³/mol. The van der Waals surface area contributed by atoms with Crippen LogP contribution in [-0.2, 0) is 4.79 Å². The maximum atomic E-state index is 12.9. The minimum Gasteiger partial charge on any atom is -0.349 e. The van der Waals surface area contributed by atoms with Gasteiger partial charge in [-0.1, -0.05) is 12.1 Å². The van der Waals surface area contributed by atoms with Crippen molar-refractivity contribution in [2.75, 3.05) is 0 Å². The Balaban J connectivity index is 0.00000176. The second-order valence-corrected chi connectivity index (χ2v) is 6.16. The summed E-state index contributed by atoms with van der Waals surface area (Å²) in [5.74, 6) is -0.287. The summed E-state index contributed by atoms with van der Waals surface area (Å²) in [6.45, 7) is 1.80. The molecule has 2 unspecified atom stereocenters. The Labute approximate surface area is 136 Å². The molecule has 3 rings (SSSR count). The number of carbonyl (C=O) groups is 1.